The van der Waals surface area contributed by atoms with Crippen molar-refractivity contribution in [3.05, 3.63) is 29.8 Å². The van der Waals surface area contributed by atoms with E-state index in [2.05, 4.69) is 0 Å². The summed E-state index contributed by atoms with van der Waals surface area (Å²) in [4.78, 5) is 14.0. The van der Waals surface area contributed by atoms with E-state index >= 15 is 0 Å². The molecule has 1 amide bonds. The number of nitrogens with zero attached hydrogens (tertiary/aromatic N) is 1. The zero-order valence-electron chi connectivity index (χ0n) is 9.76. The van der Waals surface area contributed by atoms with Crippen LogP contribution in [0.3, 0.4) is 0 Å². The van der Waals surface area contributed by atoms with Crippen molar-refractivity contribution in [2.75, 3.05) is 24.6 Å². The molecule has 1 N–H and O–H groups in total. The van der Waals surface area contributed by atoms with Crippen molar-refractivity contribution < 1.29 is 9.90 Å². The zero-order valence-corrected chi connectivity index (χ0v) is 10.6. The highest BCUT2D eigenvalue weighted by Crippen LogP contribution is 2.14. The molecular weight excluding hydrogens is 234 g/mol. The number of carbonyl (C=O) groups excluding carboxylic acids is 1. The van der Waals surface area contributed by atoms with Crippen molar-refractivity contribution in [2.45, 2.75) is 12.8 Å². The fourth-order valence-electron chi connectivity index (χ4n) is 1.95. The van der Waals surface area contributed by atoms with Gasteiger partial charge in [0.05, 0.1) is 6.42 Å². The molecule has 0 unspecified atom stereocenters. The molecule has 1 aromatic rings. The van der Waals surface area contributed by atoms with Gasteiger partial charge in [-0.25, -0.2) is 0 Å². The third kappa shape index (κ3) is 3.66. The molecule has 1 heterocycles. The topological polar surface area (TPSA) is 40.5 Å². The third-order valence-corrected chi connectivity index (χ3v) is 3.89. The standard InChI is InChI=1S/C13H17NO2S/c15-12-4-1-3-11(9-12)10-13(16)14-5-2-7-17-8-6-14/h1,3-4,9,15H,2,5-8,10H2. The van der Waals surface area contributed by atoms with Gasteiger partial charge in [0, 0.05) is 18.8 Å². The fraction of sp³-hybridized carbons (Fsp3) is 0.462. The minimum absolute atomic E-state index is 0.165. The van der Waals surface area contributed by atoms with Crippen molar-refractivity contribution in [3.8, 4) is 5.75 Å². The predicted octanol–water partition coefficient (Wildman–Crippen LogP) is 1.90. The average molecular weight is 251 g/mol. The molecule has 1 aliphatic rings. The van der Waals surface area contributed by atoms with Crippen LogP contribution in [0.25, 0.3) is 0 Å². The maximum Gasteiger partial charge on any atom is 0.227 e. The van der Waals surface area contributed by atoms with Gasteiger partial charge in [-0.15, -0.1) is 0 Å². The molecule has 17 heavy (non-hydrogen) atoms. The summed E-state index contributed by atoms with van der Waals surface area (Å²) in [5, 5.41) is 9.35. The Kier molecular flexibility index (Phi) is 4.31. The Morgan fingerprint density at radius 2 is 2.24 bits per heavy atom. The van der Waals surface area contributed by atoms with Crippen LogP contribution in [0.4, 0.5) is 0 Å². The van der Waals surface area contributed by atoms with Crippen molar-refractivity contribution in [1.82, 2.24) is 4.90 Å². The first-order valence-corrected chi connectivity index (χ1v) is 7.04. The monoisotopic (exact) mass is 251 g/mol. The molecule has 2 rings (SSSR count). The molecule has 1 aliphatic heterocycles. The Morgan fingerprint density at radius 1 is 1.35 bits per heavy atom. The molecule has 0 aliphatic carbocycles. The van der Waals surface area contributed by atoms with Crippen molar-refractivity contribution >= 4 is 17.7 Å². The molecule has 0 aromatic heterocycles. The van der Waals surface area contributed by atoms with Crippen LogP contribution in [0.2, 0.25) is 0 Å². The van der Waals surface area contributed by atoms with Gasteiger partial charge in [0.15, 0.2) is 0 Å². The average Bonchev–Trinajstić information content (AvgIpc) is 2.57. The second-order valence-electron chi connectivity index (χ2n) is 4.19. The molecule has 0 spiro atoms. The van der Waals surface area contributed by atoms with E-state index < -0.39 is 0 Å². The molecule has 0 radical (unpaired) electrons. The van der Waals surface area contributed by atoms with E-state index in [1.807, 2.05) is 22.7 Å². The molecule has 3 nitrogen and oxygen atoms in total. The highest BCUT2D eigenvalue weighted by molar-refractivity contribution is 7.99. The lowest BCUT2D eigenvalue weighted by Crippen LogP contribution is -2.34. The summed E-state index contributed by atoms with van der Waals surface area (Å²) in [6.07, 6.45) is 1.47. The first-order valence-electron chi connectivity index (χ1n) is 5.89. The van der Waals surface area contributed by atoms with E-state index in [-0.39, 0.29) is 11.7 Å². The van der Waals surface area contributed by atoms with Gasteiger partial charge in [0.25, 0.3) is 0 Å². The van der Waals surface area contributed by atoms with Gasteiger partial charge in [0.2, 0.25) is 5.91 Å². The molecule has 1 saturated heterocycles. The van der Waals surface area contributed by atoms with Crippen molar-refractivity contribution in [3.63, 3.8) is 0 Å². The molecule has 92 valence electrons. The minimum Gasteiger partial charge on any atom is -0.508 e. The summed E-state index contributed by atoms with van der Waals surface area (Å²) in [6, 6.07) is 6.93. The van der Waals surface area contributed by atoms with Gasteiger partial charge in [0.1, 0.15) is 5.75 Å². The van der Waals surface area contributed by atoms with Gasteiger partial charge in [-0.05, 0) is 29.9 Å². The van der Waals surface area contributed by atoms with E-state index in [0.29, 0.717) is 6.42 Å². The number of carbonyl (C=O) groups is 1. The number of phenols is 1. The Morgan fingerprint density at radius 3 is 3.06 bits per heavy atom. The van der Waals surface area contributed by atoms with Crippen molar-refractivity contribution in [2.24, 2.45) is 0 Å². The first kappa shape index (κ1) is 12.3. The van der Waals surface area contributed by atoms with Crippen LogP contribution >= 0.6 is 11.8 Å². The van der Waals surface area contributed by atoms with Crippen molar-refractivity contribution in [1.29, 1.82) is 0 Å². The molecule has 0 bridgehead atoms. The fourth-order valence-corrected chi connectivity index (χ4v) is 2.84. The normalized spacial score (nSPS) is 16.6. The molecule has 4 heteroatoms. The molecule has 1 fully saturated rings. The summed E-state index contributed by atoms with van der Waals surface area (Å²) in [5.41, 5.74) is 0.881. The predicted molar refractivity (Wildman–Crippen MR) is 70.3 cm³/mol. The molecular formula is C13H17NO2S. The van der Waals surface area contributed by atoms with Gasteiger partial charge in [-0.3, -0.25) is 4.79 Å². The summed E-state index contributed by atoms with van der Waals surface area (Å²) in [6.45, 7) is 1.72. The van der Waals surface area contributed by atoms with E-state index in [1.54, 1.807) is 18.2 Å². The maximum absolute atomic E-state index is 12.1. The van der Waals surface area contributed by atoms with Crippen LogP contribution in [0, 0.1) is 0 Å². The van der Waals surface area contributed by atoms with Crippen LogP contribution in [0.5, 0.6) is 5.75 Å². The highest BCUT2D eigenvalue weighted by atomic mass is 32.2. The third-order valence-electron chi connectivity index (χ3n) is 2.84. The van der Waals surface area contributed by atoms with E-state index in [4.69, 9.17) is 0 Å². The number of hydrogen-bond acceptors (Lipinski definition) is 3. The number of thioether (sulfide) groups is 1. The smallest absolute Gasteiger partial charge is 0.227 e. The summed E-state index contributed by atoms with van der Waals surface area (Å²) in [5.74, 6) is 2.57. The summed E-state index contributed by atoms with van der Waals surface area (Å²) < 4.78 is 0. The summed E-state index contributed by atoms with van der Waals surface area (Å²) >= 11 is 1.91. The Labute approximate surface area is 106 Å². The van der Waals surface area contributed by atoms with Crippen LogP contribution < -0.4 is 0 Å². The number of amides is 1. The lowest BCUT2D eigenvalue weighted by atomic mass is 10.1. The highest BCUT2D eigenvalue weighted by Gasteiger charge is 2.15. The Bertz CT molecular complexity index is 387. The van der Waals surface area contributed by atoms with Gasteiger partial charge < -0.3 is 10.0 Å². The SMILES string of the molecule is O=C(Cc1cccc(O)c1)N1CCCSCC1. The largest absolute Gasteiger partial charge is 0.508 e. The number of phenolic OH excluding ortho intramolecular Hbond substituents is 1. The van der Waals surface area contributed by atoms with E-state index in [1.165, 1.54) is 0 Å². The number of benzene rings is 1. The second kappa shape index (κ2) is 5.96. The first-order chi connectivity index (χ1) is 8.25. The second-order valence-corrected chi connectivity index (χ2v) is 5.42. The minimum atomic E-state index is 0.165. The van der Waals surface area contributed by atoms with Gasteiger partial charge in [-0.1, -0.05) is 12.1 Å². The maximum atomic E-state index is 12.1. The molecule has 0 atom stereocenters. The molecule has 1 aromatic carbocycles. The van der Waals surface area contributed by atoms with Crippen LogP contribution in [0.15, 0.2) is 24.3 Å². The zero-order chi connectivity index (χ0) is 12.1. The van der Waals surface area contributed by atoms with Gasteiger partial charge >= 0.3 is 0 Å². The number of aromatic hydroxyl groups is 1. The quantitative estimate of drug-likeness (QED) is 0.872. The Balaban J connectivity index is 1.95. The van der Waals surface area contributed by atoms with E-state index in [0.717, 1.165) is 36.6 Å². The van der Waals surface area contributed by atoms with E-state index in [9.17, 15) is 9.90 Å². The lowest BCUT2D eigenvalue weighted by molar-refractivity contribution is -0.130. The van der Waals surface area contributed by atoms with Crippen LogP contribution in [-0.2, 0) is 11.2 Å². The summed E-state index contributed by atoms with van der Waals surface area (Å²) in [7, 11) is 0. The van der Waals surface area contributed by atoms with Gasteiger partial charge in [-0.2, -0.15) is 11.8 Å². The Hall–Kier alpha value is -1.16. The van der Waals surface area contributed by atoms with Crippen LogP contribution in [-0.4, -0.2) is 40.5 Å². The lowest BCUT2D eigenvalue weighted by Gasteiger charge is -2.19. The number of hydrogen-bond donors (Lipinski definition) is 1. The number of rotatable bonds is 2. The molecule has 0 saturated carbocycles. The van der Waals surface area contributed by atoms with Crippen LogP contribution in [0.1, 0.15) is 12.0 Å².